The number of rotatable bonds is 0. The zero-order valence-corrected chi connectivity index (χ0v) is 8.79. The van der Waals surface area contributed by atoms with Gasteiger partial charge in [-0.2, -0.15) is 0 Å². The molecule has 1 aliphatic carbocycles. The number of aliphatic hydroxyl groups is 1. The highest BCUT2D eigenvalue weighted by Gasteiger charge is 2.24. The summed E-state index contributed by atoms with van der Waals surface area (Å²) < 4.78 is 0.999. The highest BCUT2D eigenvalue weighted by molar-refractivity contribution is 9.10. The number of nitrogens with two attached hydrogens (primary N) is 1. The number of fused-ring (bicyclic) bond motifs is 1. The molecule has 2 rings (SSSR count). The molecule has 3 heteroatoms. The molecular weight excluding hydrogens is 230 g/mol. The van der Waals surface area contributed by atoms with Gasteiger partial charge < -0.3 is 10.8 Å². The first-order valence-corrected chi connectivity index (χ1v) is 5.20. The third-order valence-electron chi connectivity index (χ3n) is 2.58. The minimum absolute atomic E-state index is 0.109. The van der Waals surface area contributed by atoms with Crippen molar-refractivity contribution in [3.05, 3.63) is 33.8 Å². The third-order valence-corrected chi connectivity index (χ3v) is 3.07. The van der Waals surface area contributed by atoms with Crippen molar-refractivity contribution in [2.45, 2.75) is 25.0 Å². The van der Waals surface area contributed by atoms with Crippen molar-refractivity contribution in [3.8, 4) is 0 Å². The molecule has 0 aliphatic heterocycles. The van der Waals surface area contributed by atoms with Gasteiger partial charge in [-0.05, 0) is 36.1 Å². The molecule has 1 aliphatic rings. The molecule has 1 aromatic rings. The molecule has 0 amide bonds. The lowest BCUT2D eigenvalue weighted by Gasteiger charge is -2.27. The molecule has 0 radical (unpaired) electrons. The Kier molecular flexibility index (Phi) is 2.41. The molecule has 0 fully saturated rings. The number of aryl methyl sites for hydroxylation is 1. The number of aliphatic hydroxyl groups excluding tert-OH is 1. The lowest BCUT2D eigenvalue weighted by molar-refractivity contribution is 0.134. The fraction of sp³-hybridized carbons (Fsp3) is 0.400. The summed E-state index contributed by atoms with van der Waals surface area (Å²) in [5.41, 5.74) is 7.98. The van der Waals surface area contributed by atoms with Gasteiger partial charge in [0.15, 0.2) is 0 Å². The van der Waals surface area contributed by atoms with Gasteiger partial charge in [0, 0.05) is 10.5 Å². The molecule has 2 atom stereocenters. The summed E-state index contributed by atoms with van der Waals surface area (Å²) in [4.78, 5) is 0. The fourth-order valence-electron chi connectivity index (χ4n) is 1.78. The molecular formula is C10H12BrNO. The van der Waals surface area contributed by atoms with Crippen LogP contribution in [0.1, 0.15) is 23.7 Å². The smallest absolute Gasteiger partial charge is 0.0944 e. The number of hydrogen-bond donors (Lipinski definition) is 2. The minimum atomic E-state index is -0.499. The van der Waals surface area contributed by atoms with E-state index in [0.29, 0.717) is 0 Å². The molecule has 70 valence electrons. The molecule has 0 saturated heterocycles. The van der Waals surface area contributed by atoms with E-state index in [-0.39, 0.29) is 6.04 Å². The quantitative estimate of drug-likeness (QED) is 0.728. The maximum atomic E-state index is 9.81. The molecule has 1 aromatic carbocycles. The lowest BCUT2D eigenvalue weighted by atomic mass is 9.86. The molecule has 13 heavy (non-hydrogen) atoms. The Morgan fingerprint density at radius 3 is 3.00 bits per heavy atom. The van der Waals surface area contributed by atoms with Crippen molar-refractivity contribution in [1.82, 2.24) is 0 Å². The number of hydrogen-bond acceptors (Lipinski definition) is 2. The SMILES string of the molecule is N[C@H]1CCc2ccc(Br)cc2[C@H]1O. The van der Waals surface area contributed by atoms with E-state index < -0.39 is 6.10 Å². The van der Waals surface area contributed by atoms with Crippen LogP contribution in [0.15, 0.2) is 22.7 Å². The Balaban J connectivity index is 2.45. The van der Waals surface area contributed by atoms with E-state index in [1.807, 2.05) is 12.1 Å². The van der Waals surface area contributed by atoms with Crippen LogP contribution in [0.4, 0.5) is 0 Å². The summed E-state index contributed by atoms with van der Waals surface area (Å²) in [5, 5.41) is 9.81. The van der Waals surface area contributed by atoms with Crippen LogP contribution in [0.3, 0.4) is 0 Å². The van der Waals surface area contributed by atoms with Crippen LogP contribution < -0.4 is 5.73 Å². The van der Waals surface area contributed by atoms with Gasteiger partial charge in [-0.25, -0.2) is 0 Å². The summed E-state index contributed by atoms with van der Waals surface area (Å²) >= 11 is 3.39. The highest BCUT2D eigenvalue weighted by atomic mass is 79.9. The van der Waals surface area contributed by atoms with Gasteiger partial charge in [0.25, 0.3) is 0 Å². The van der Waals surface area contributed by atoms with Crippen LogP contribution in [-0.4, -0.2) is 11.1 Å². The summed E-state index contributed by atoms with van der Waals surface area (Å²) in [5.74, 6) is 0. The van der Waals surface area contributed by atoms with Gasteiger partial charge in [0.2, 0.25) is 0 Å². The Labute approximate surface area is 85.9 Å². The van der Waals surface area contributed by atoms with Crippen LogP contribution in [0.25, 0.3) is 0 Å². The van der Waals surface area contributed by atoms with Crippen molar-refractivity contribution >= 4 is 15.9 Å². The van der Waals surface area contributed by atoms with E-state index in [9.17, 15) is 5.11 Å². The first-order valence-electron chi connectivity index (χ1n) is 4.40. The summed E-state index contributed by atoms with van der Waals surface area (Å²) in [6.07, 6.45) is 1.35. The normalized spacial score (nSPS) is 27.0. The van der Waals surface area contributed by atoms with Crippen molar-refractivity contribution in [1.29, 1.82) is 0 Å². The maximum Gasteiger partial charge on any atom is 0.0944 e. The van der Waals surface area contributed by atoms with Crippen molar-refractivity contribution < 1.29 is 5.11 Å². The van der Waals surface area contributed by atoms with Crippen LogP contribution in [-0.2, 0) is 6.42 Å². The summed E-state index contributed by atoms with van der Waals surface area (Å²) in [7, 11) is 0. The Hall–Kier alpha value is -0.380. The number of halogens is 1. The third kappa shape index (κ3) is 1.64. The fourth-order valence-corrected chi connectivity index (χ4v) is 2.16. The van der Waals surface area contributed by atoms with E-state index in [1.54, 1.807) is 0 Å². The molecule has 0 saturated carbocycles. The monoisotopic (exact) mass is 241 g/mol. The van der Waals surface area contributed by atoms with Crippen molar-refractivity contribution in [2.24, 2.45) is 5.73 Å². The largest absolute Gasteiger partial charge is 0.387 e. The van der Waals surface area contributed by atoms with E-state index in [1.165, 1.54) is 5.56 Å². The van der Waals surface area contributed by atoms with Crippen LogP contribution in [0.2, 0.25) is 0 Å². The second-order valence-corrected chi connectivity index (χ2v) is 4.41. The molecule has 0 spiro atoms. The van der Waals surface area contributed by atoms with Crippen molar-refractivity contribution in [2.75, 3.05) is 0 Å². The Morgan fingerprint density at radius 2 is 2.23 bits per heavy atom. The molecule has 0 heterocycles. The zero-order chi connectivity index (χ0) is 9.42. The Bertz CT molecular complexity index is 327. The van der Waals surface area contributed by atoms with Crippen LogP contribution in [0, 0.1) is 0 Å². The minimum Gasteiger partial charge on any atom is -0.387 e. The molecule has 0 bridgehead atoms. The lowest BCUT2D eigenvalue weighted by Crippen LogP contribution is -2.32. The average molecular weight is 242 g/mol. The van der Waals surface area contributed by atoms with Crippen LogP contribution >= 0.6 is 15.9 Å². The summed E-state index contributed by atoms with van der Waals surface area (Å²) in [6.45, 7) is 0. The van der Waals surface area contributed by atoms with Gasteiger partial charge in [-0.3, -0.25) is 0 Å². The second-order valence-electron chi connectivity index (χ2n) is 3.49. The van der Waals surface area contributed by atoms with Gasteiger partial charge in [-0.1, -0.05) is 22.0 Å². The molecule has 0 unspecified atom stereocenters. The number of benzene rings is 1. The first kappa shape index (κ1) is 9.19. The molecule has 3 N–H and O–H groups in total. The average Bonchev–Trinajstić information content (AvgIpc) is 2.12. The molecule has 2 nitrogen and oxygen atoms in total. The van der Waals surface area contributed by atoms with Gasteiger partial charge in [-0.15, -0.1) is 0 Å². The van der Waals surface area contributed by atoms with Crippen LogP contribution in [0.5, 0.6) is 0 Å². The van der Waals surface area contributed by atoms with E-state index in [4.69, 9.17) is 5.73 Å². The predicted molar refractivity (Wildman–Crippen MR) is 55.4 cm³/mol. The van der Waals surface area contributed by atoms with E-state index in [0.717, 1.165) is 22.9 Å². The van der Waals surface area contributed by atoms with Gasteiger partial charge in [0.05, 0.1) is 6.10 Å². The first-order chi connectivity index (χ1) is 6.18. The predicted octanol–water partition coefficient (Wildman–Crippen LogP) is 1.76. The maximum absolute atomic E-state index is 9.81. The topological polar surface area (TPSA) is 46.2 Å². The summed E-state index contributed by atoms with van der Waals surface area (Å²) in [6, 6.07) is 5.90. The van der Waals surface area contributed by atoms with Crippen molar-refractivity contribution in [3.63, 3.8) is 0 Å². The van der Waals surface area contributed by atoms with E-state index >= 15 is 0 Å². The zero-order valence-electron chi connectivity index (χ0n) is 7.20. The molecule has 0 aromatic heterocycles. The second kappa shape index (κ2) is 3.40. The van der Waals surface area contributed by atoms with Gasteiger partial charge in [0.1, 0.15) is 0 Å². The highest BCUT2D eigenvalue weighted by Crippen LogP contribution is 2.30. The van der Waals surface area contributed by atoms with Gasteiger partial charge >= 0.3 is 0 Å². The van der Waals surface area contributed by atoms with E-state index in [2.05, 4.69) is 22.0 Å². The standard InChI is InChI=1S/C10H12BrNO/c11-7-3-1-6-2-4-9(12)10(13)8(6)5-7/h1,3,5,9-10,13H,2,4,12H2/t9-,10+/m0/s1. The Morgan fingerprint density at radius 1 is 1.46 bits per heavy atom.